The first-order valence-corrected chi connectivity index (χ1v) is 6.83. The minimum atomic E-state index is 0.284. The van der Waals surface area contributed by atoms with E-state index in [0.717, 1.165) is 42.8 Å². The first kappa shape index (κ1) is 12.5. The highest BCUT2D eigenvalue weighted by molar-refractivity contribution is 5.89. The van der Waals surface area contributed by atoms with Crippen LogP contribution in [-0.4, -0.2) is 30.8 Å². The summed E-state index contributed by atoms with van der Waals surface area (Å²) in [4.78, 5) is 3.43. The maximum Gasteiger partial charge on any atom is 0.128 e. The molecular weight excluding hydrogens is 240 g/mol. The van der Waals surface area contributed by atoms with E-state index in [2.05, 4.69) is 30.1 Å². The highest BCUT2D eigenvalue weighted by Gasteiger charge is 2.23. The van der Waals surface area contributed by atoms with E-state index < -0.39 is 0 Å². The second kappa shape index (κ2) is 5.23. The average molecular weight is 260 g/mol. The van der Waals surface area contributed by atoms with Crippen molar-refractivity contribution in [1.82, 2.24) is 4.98 Å². The van der Waals surface area contributed by atoms with Gasteiger partial charge >= 0.3 is 0 Å². The van der Waals surface area contributed by atoms with Crippen LogP contribution in [0.5, 0.6) is 5.75 Å². The van der Waals surface area contributed by atoms with E-state index >= 15 is 0 Å². The largest absolute Gasteiger partial charge is 0.490 e. The Bertz CT molecular complexity index is 573. The number of nitrogens with one attached hydrogen (secondary N) is 1. The molecule has 1 atom stereocenters. The molecule has 0 amide bonds. The lowest BCUT2D eigenvalue weighted by Gasteiger charge is -2.09. The monoisotopic (exact) mass is 260 g/mol. The molecule has 0 aliphatic carbocycles. The normalized spacial score (nSPS) is 17.9. The SMILES string of the molecule is Cc1cc2c(OCC3CO3)ccc(CCCN)c2[nH]1. The van der Waals surface area contributed by atoms with Crippen LogP contribution >= 0.6 is 0 Å². The summed E-state index contributed by atoms with van der Waals surface area (Å²) in [6.45, 7) is 4.25. The molecule has 0 spiro atoms. The summed E-state index contributed by atoms with van der Waals surface area (Å²) < 4.78 is 11.0. The highest BCUT2D eigenvalue weighted by atomic mass is 16.6. The molecule has 1 fully saturated rings. The predicted octanol–water partition coefficient (Wildman–Crippen LogP) is 2.15. The number of fused-ring (bicyclic) bond motifs is 1. The maximum atomic E-state index is 5.85. The van der Waals surface area contributed by atoms with E-state index in [9.17, 15) is 0 Å². The topological polar surface area (TPSA) is 63.6 Å². The molecule has 2 aromatic rings. The Morgan fingerprint density at radius 3 is 3.05 bits per heavy atom. The smallest absolute Gasteiger partial charge is 0.128 e. The summed E-state index contributed by atoms with van der Waals surface area (Å²) in [7, 11) is 0. The predicted molar refractivity (Wildman–Crippen MR) is 75.6 cm³/mol. The lowest BCUT2D eigenvalue weighted by molar-refractivity contribution is 0.265. The van der Waals surface area contributed by atoms with Crippen molar-refractivity contribution >= 4 is 10.9 Å². The minimum absolute atomic E-state index is 0.284. The lowest BCUT2D eigenvalue weighted by Crippen LogP contribution is -2.05. The fraction of sp³-hybridized carbons (Fsp3) is 0.467. The highest BCUT2D eigenvalue weighted by Crippen LogP contribution is 2.30. The summed E-state index contributed by atoms with van der Waals surface area (Å²) in [5.74, 6) is 0.936. The number of H-pyrrole nitrogens is 1. The van der Waals surface area contributed by atoms with Crippen LogP contribution in [0.1, 0.15) is 17.7 Å². The molecule has 1 aromatic heterocycles. The zero-order valence-corrected chi connectivity index (χ0v) is 11.2. The number of benzene rings is 1. The molecule has 102 valence electrons. The molecule has 3 rings (SSSR count). The van der Waals surface area contributed by atoms with Gasteiger partial charge in [0.25, 0.3) is 0 Å². The maximum absolute atomic E-state index is 5.85. The molecule has 3 N–H and O–H groups in total. The molecule has 1 aliphatic rings. The van der Waals surface area contributed by atoms with E-state index in [1.165, 1.54) is 11.1 Å². The molecule has 4 heteroatoms. The van der Waals surface area contributed by atoms with E-state index in [0.29, 0.717) is 6.61 Å². The number of hydrogen-bond donors (Lipinski definition) is 2. The number of nitrogens with two attached hydrogens (primary N) is 1. The third-order valence-electron chi connectivity index (χ3n) is 3.45. The zero-order valence-electron chi connectivity index (χ0n) is 11.2. The van der Waals surface area contributed by atoms with Crippen LogP contribution in [0.3, 0.4) is 0 Å². The number of ether oxygens (including phenoxy) is 2. The van der Waals surface area contributed by atoms with Gasteiger partial charge in [0.2, 0.25) is 0 Å². The molecule has 1 saturated heterocycles. The van der Waals surface area contributed by atoms with Gasteiger partial charge in [-0.15, -0.1) is 0 Å². The Hall–Kier alpha value is -1.52. The van der Waals surface area contributed by atoms with Gasteiger partial charge in [-0.25, -0.2) is 0 Å². The van der Waals surface area contributed by atoms with E-state index in [1.807, 2.05) is 0 Å². The van der Waals surface area contributed by atoms with Crippen molar-refractivity contribution in [3.8, 4) is 5.75 Å². The Morgan fingerprint density at radius 1 is 1.47 bits per heavy atom. The van der Waals surface area contributed by atoms with Crippen LogP contribution in [0.2, 0.25) is 0 Å². The molecule has 2 heterocycles. The number of aryl methyl sites for hydroxylation is 2. The summed E-state index contributed by atoms with van der Waals surface area (Å²) in [6.07, 6.45) is 2.29. The van der Waals surface area contributed by atoms with Gasteiger partial charge < -0.3 is 20.2 Å². The number of aromatic nitrogens is 1. The van der Waals surface area contributed by atoms with Crippen molar-refractivity contribution in [2.24, 2.45) is 5.73 Å². The van der Waals surface area contributed by atoms with Crippen LogP contribution in [0.15, 0.2) is 18.2 Å². The Kier molecular flexibility index (Phi) is 3.44. The fourth-order valence-electron chi connectivity index (χ4n) is 2.36. The third-order valence-corrected chi connectivity index (χ3v) is 3.45. The molecular formula is C15H20N2O2. The zero-order chi connectivity index (χ0) is 13.2. The van der Waals surface area contributed by atoms with Gasteiger partial charge in [0.05, 0.1) is 12.1 Å². The standard InChI is InChI=1S/C15H20N2O2/c1-10-7-13-14(19-9-12-8-18-12)5-4-11(3-2-6-16)15(13)17-10/h4-5,7,12,17H,2-3,6,8-9,16H2,1H3. The van der Waals surface area contributed by atoms with Crippen LogP contribution in [0.4, 0.5) is 0 Å². The number of hydrogen-bond acceptors (Lipinski definition) is 3. The van der Waals surface area contributed by atoms with Gasteiger partial charge in [-0.05, 0) is 44.0 Å². The summed E-state index contributed by atoms with van der Waals surface area (Å²) in [5, 5.41) is 1.16. The van der Waals surface area contributed by atoms with Crippen molar-refractivity contribution in [2.75, 3.05) is 19.8 Å². The van der Waals surface area contributed by atoms with Gasteiger partial charge in [0.15, 0.2) is 0 Å². The van der Waals surface area contributed by atoms with Crippen LogP contribution < -0.4 is 10.5 Å². The first-order chi connectivity index (χ1) is 9.28. The number of aromatic amines is 1. The van der Waals surface area contributed by atoms with Gasteiger partial charge in [-0.1, -0.05) is 6.07 Å². The third kappa shape index (κ3) is 2.74. The summed E-state index contributed by atoms with van der Waals surface area (Å²) in [6, 6.07) is 6.34. The van der Waals surface area contributed by atoms with Crippen molar-refractivity contribution in [3.05, 3.63) is 29.5 Å². The van der Waals surface area contributed by atoms with Gasteiger partial charge in [0.1, 0.15) is 18.5 Å². The Labute approximate surface area is 112 Å². The molecule has 1 aliphatic heterocycles. The van der Waals surface area contributed by atoms with Crippen molar-refractivity contribution in [2.45, 2.75) is 25.9 Å². The summed E-state index contributed by atoms with van der Waals surface area (Å²) >= 11 is 0. The Balaban J connectivity index is 1.90. The molecule has 1 aromatic carbocycles. The molecule has 1 unspecified atom stereocenters. The van der Waals surface area contributed by atoms with Crippen LogP contribution in [0, 0.1) is 6.92 Å². The van der Waals surface area contributed by atoms with Gasteiger partial charge in [-0.2, -0.15) is 0 Å². The van der Waals surface area contributed by atoms with E-state index in [1.54, 1.807) is 0 Å². The van der Waals surface area contributed by atoms with Crippen LogP contribution in [-0.2, 0) is 11.2 Å². The lowest BCUT2D eigenvalue weighted by atomic mass is 10.1. The van der Waals surface area contributed by atoms with Crippen molar-refractivity contribution in [3.63, 3.8) is 0 Å². The van der Waals surface area contributed by atoms with E-state index in [-0.39, 0.29) is 6.10 Å². The quantitative estimate of drug-likeness (QED) is 0.782. The molecule has 0 radical (unpaired) electrons. The average Bonchev–Trinajstić information content (AvgIpc) is 3.14. The van der Waals surface area contributed by atoms with Gasteiger partial charge in [0, 0.05) is 11.1 Å². The second-order valence-electron chi connectivity index (χ2n) is 5.12. The fourth-order valence-corrected chi connectivity index (χ4v) is 2.36. The number of epoxide rings is 1. The Morgan fingerprint density at radius 2 is 2.32 bits per heavy atom. The van der Waals surface area contributed by atoms with E-state index in [4.69, 9.17) is 15.2 Å². The molecule has 0 bridgehead atoms. The van der Waals surface area contributed by atoms with Crippen molar-refractivity contribution in [1.29, 1.82) is 0 Å². The number of rotatable bonds is 6. The molecule has 0 saturated carbocycles. The minimum Gasteiger partial charge on any atom is -0.490 e. The van der Waals surface area contributed by atoms with Gasteiger partial charge in [-0.3, -0.25) is 0 Å². The molecule has 4 nitrogen and oxygen atoms in total. The second-order valence-corrected chi connectivity index (χ2v) is 5.12. The van der Waals surface area contributed by atoms with Crippen molar-refractivity contribution < 1.29 is 9.47 Å². The molecule has 19 heavy (non-hydrogen) atoms. The first-order valence-electron chi connectivity index (χ1n) is 6.83. The summed E-state index contributed by atoms with van der Waals surface area (Å²) in [5.41, 5.74) is 9.24. The van der Waals surface area contributed by atoms with Crippen LogP contribution in [0.25, 0.3) is 10.9 Å².